The average Bonchev–Trinajstić information content (AvgIpc) is 3.37. The summed E-state index contributed by atoms with van der Waals surface area (Å²) in [6, 6.07) is 13.1. The van der Waals surface area contributed by atoms with E-state index in [1.54, 1.807) is 6.33 Å². The number of aromatic nitrogens is 2. The highest BCUT2D eigenvalue weighted by Crippen LogP contribution is 2.17. The summed E-state index contributed by atoms with van der Waals surface area (Å²) >= 11 is 0. The highest BCUT2D eigenvalue weighted by molar-refractivity contribution is 5.85. The van der Waals surface area contributed by atoms with Gasteiger partial charge in [-0.3, -0.25) is 4.99 Å². The first-order chi connectivity index (χ1) is 13.5. The van der Waals surface area contributed by atoms with Gasteiger partial charge in [0.25, 0.3) is 0 Å². The molecular formula is C25H30ClN3. The molecule has 0 radical (unpaired) electrons. The Hall–Kier alpha value is -2.65. The van der Waals surface area contributed by atoms with Gasteiger partial charge in [-0.05, 0) is 73.1 Å². The third kappa shape index (κ3) is 6.43. The molecule has 0 fully saturated rings. The number of nitrogens with zero attached hydrogens (tertiary/aromatic N) is 2. The summed E-state index contributed by atoms with van der Waals surface area (Å²) in [6.07, 6.45) is 10.6. The lowest BCUT2D eigenvalue weighted by molar-refractivity contribution is 1.08. The fourth-order valence-electron chi connectivity index (χ4n) is 3.26. The topological polar surface area (TPSA) is 41.0 Å². The molecule has 0 amide bonds. The number of H-pyrrole nitrogens is 1. The summed E-state index contributed by atoms with van der Waals surface area (Å²) < 4.78 is 0. The first kappa shape index (κ1) is 22.6. The Bertz CT molecular complexity index is 985. The monoisotopic (exact) mass is 407 g/mol. The highest BCUT2D eigenvalue weighted by Gasteiger charge is 2.03. The van der Waals surface area contributed by atoms with Crippen molar-refractivity contribution < 1.29 is 0 Å². The van der Waals surface area contributed by atoms with E-state index in [1.165, 1.54) is 44.6 Å². The lowest BCUT2D eigenvalue weighted by Gasteiger charge is -2.06. The zero-order chi connectivity index (χ0) is 19.9. The van der Waals surface area contributed by atoms with Crippen molar-refractivity contribution in [1.29, 1.82) is 0 Å². The summed E-state index contributed by atoms with van der Waals surface area (Å²) in [5.41, 5.74) is 10.8. The van der Waals surface area contributed by atoms with Gasteiger partial charge in [0.1, 0.15) is 0 Å². The lowest BCUT2D eigenvalue weighted by Crippen LogP contribution is -1.93. The van der Waals surface area contributed by atoms with Gasteiger partial charge in [0.05, 0.1) is 6.33 Å². The van der Waals surface area contributed by atoms with Gasteiger partial charge in [-0.25, -0.2) is 4.98 Å². The predicted octanol–water partition coefficient (Wildman–Crippen LogP) is 6.24. The van der Waals surface area contributed by atoms with Crippen molar-refractivity contribution in [3.8, 4) is 0 Å². The van der Waals surface area contributed by atoms with Gasteiger partial charge in [0, 0.05) is 37.1 Å². The molecule has 0 atom stereocenters. The Balaban J connectivity index is 0.000000200. The Morgan fingerprint density at radius 1 is 0.931 bits per heavy atom. The number of benzene rings is 2. The van der Waals surface area contributed by atoms with Gasteiger partial charge in [0.15, 0.2) is 0 Å². The molecule has 0 saturated heterocycles. The summed E-state index contributed by atoms with van der Waals surface area (Å²) in [5.74, 6) is 0. The smallest absolute Gasteiger partial charge is 0.0921 e. The molecule has 3 aromatic rings. The number of hydrogen-bond acceptors (Lipinski definition) is 2. The minimum Gasteiger partial charge on any atom is -0.348 e. The van der Waals surface area contributed by atoms with Crippen LogP contribution in [0.15, 0.2) is 65.7 Å². The molecule has 0 aliphatic carbocycles. The maximum Gasteiger partial charge on any atom is 0.0921 e. The molecular weight excluding hydrogens is 378 g/mol. The second kappa shape index (κ2) is 10.8. The number of allylic oxidation sites excluding steroid dienone is 1. The van der Waals surface area contributed by atoms with Crippen molar-refractivity contribution >= 4 is 18.6 Å². The van der Waals surface area contributed by atoms with Gasteiger partial charge in [-0.1, -0.05) is 36.4 Å². The average molecular weight is 408 g/mol. The lowest BCUT2D eigenvalue weighted by atomic mass is 10.0. The molecule has 4 heteroatoms. The maximum absolute atomic E-state index is 4.11. The minimum absolute atomic E-state index is 0. The van der Waals surface area contributed by atoms with Crippen LogP contribution in [0.5, 0.6) is 0 Å². The molecule has 2 aromatic carbocycles. The summed E-state index contributed by atoms with van der Waals surface area (Å²) in [5, 5.41) is 0. The van der Waals surface area contributed by atoms with Crippen LogP contribution >= 0.6 is 12.4 Å². The normalized spacial score (nSPS) is 12.1. The van der Waals surface area contributed by atoms with Crippen LogP contribution < -0.4 is 0 Å². The van der Waals surface area contributed by atoms with Crippen LogP contribution in [-0.4, -0.2) is 16.2 Å². The predicted molar refractivity (Wildman–Crippen MR) is 125 cm³/mol. The Morgan fingerprint density at radius 2 is 1.76 bits per heavy atom. The van der Waals surface area contributed by atoms with Crippen molar-refractivity contribution in [3.05, 3.63) is 99.8 Å². The number of nitrogens with one attached hydrogen (secondary N) is 1. The van der Waals surface area contributed by atoms with Crippen molar-refractivity contribution in [2.45, 2.75) is 47.0 Å². The van der Waals surface area contributed by atoms with Crippen LogP contribution in [0.25, 0.3) is 0 Å². The molecule has 0 spiro atoms. The molecule has 1 aromatic heterocycles. The van der Waals surface area contributed by atoms with E-state index >= 15 is 0 Å². The fourth-order valence-corrected chi connectivity index (χ4v) is 3.26. The van der Waals surface area contributed by atoms with Crippen LogP contribution in [0.4, 0.5) is 0 Å². The summed E-state index contributed by atoms with van der Waals surface area (Å²) in [4.78, 5) is 11.2. The van der Waals surface area contributed by atoms with Gasteiger partial charge in [0.2, 0.25) is 0 Å². The second-order valence-electron chi connectivity index (χ2n) is 7.53. The Morgan fingerprint density at radius 3 is 2.41 bits per heavy atom. The number of halogens is 1. The number of hydrogen-bond donors (Lipinski definition) is 1. The van der Waals surface area contributed by atoms with Crippen molar-refractivity contribution in [2.24, 2.45) is 4.99 Å². The number of aryl methyl sites for hydroxylation is 3. The van der Waals surface area contributed by atoms with Crippen molar-refractivity contribution in [1.82, 2.24) is 9.97 Å². The zero-order valence-corrected chi connectivity index (χ0v) is 18.5. The van der Waals surface area contributed by atoms with E-state index in [0.29, 0.717) is 0 Å². The van der Waals surface area contributed by atoms with E-state index < -0.39 is 0 Å². The molecule has 1 N–H and O–H groups in total. The maximum atomic E-state index is 4.11. The van der Waals surface area contributed by atoms with Crippen LogP contribution in [0, 0.1) is 27.7 Å². The molecule has 0 saturated carbocycles. The number of rotatable bonds is 4. The molecule has 29 heavy (non-hydrogen) atoms. The van der Waals surface area contributed by atoms with Crippen LogP contribution in [-0.2, 0) is 12.8 Å². The van der Waals surface area contributed by atoms with E-state index in [4.69, 9.17) is 0 Å². The second-order valence-corrected chi connectivity index (χ2v) is 7.53. The van der Waals surface area contributed by atoms with Crippen LogP contribution in [0.3, 0.4) is 0 Å². The highest BCUT2D eigenvalue weighted by atomic mass is 35.5. The van der Waals surface area contributed by atoms with Crippen LogP contribution in [0.1, 0.15) is 45.5 Å². The van der Waals surface area contributed by atoms with E-state index in [0.717, 1.165) is 19.3 Å². The van der Waals surface area contributed by atoms with Crippen molar-refractivity contribution in [3.63, 3.8) is 0 Å². The van der Waals surface area contributed by atoms with E-state index in [1.807, 2.05) is 18.6 Å². The van der Waals surface area contributed by atoms with Gasteiger partial charge >= 0.3 is 0 Å². The number of aromatic amines is 1. The number of aliphatic imine (C=N–C) groups is 1. The molecule has 4 rings (SSSR count). The quantitative estimate of drug-likeness (QED) is 0.546. The Kier molecular flexibility index (Phi) is 8.41. The van der Waals surface area contributed by atoms with E-state index in [9.17, 15) is 0 Å². The van der Waals surface area contributed by atoms with Gasteiger partial charge < -0.3 is 4.98 Å². The third-order valence-electron chi connectivity index (χ3n) is 5.37. The third-order valence-corrected chi connectivity index (χ3v) is 5.37. The summed E-state index contributed by atoms with van der Waals surface area (Å²) in [6.45, 7) is 8.63. The molecule has 152 valence electrons. The number of imidazole rings is 1. The molecule has 1 aliphatic heterocycles. The molecule has 1 aliphatic rings. The van der Waals surface area contributed by atoms with E-state index in [2.05, 4.69) is 79.1 Å². The van der Waals surface area contributed by atoms with Crippen LogP contribution in [0.2, 0.25) is 0 Å². The first-order valence-corrected chi connectivity index (χ1v) is 9.81. The molecule has 3 nitrogen and oxygen atoms in total. The fraction of sp³-hybridized carbons (Fsp3) is 0.280. The summed E-state index contributed by atoms with van der Waals surface area (Å²) in [7, 11) is 0. The molecule has 2 heterocycles. The van der Waals surface area contributed by atoms with Crippen molar-refractivity contribution in [2.75, 3.05) is 0 Å². The zero-order valence-electron chi connectivity index (χ0n) is 17.7. The SMILES string of the molecule is Cc1ccc(CC2=CN=CC2)cc1C.Cc1cccc(Cc2cnc[nH]2)c1C.Cl. The molecule has 0 unspecified atom stereocenters. The van der Waals surface area contributed by atoms with Gasteiger partial charge in [-0.15, -0.1) is 12.4 Å². The minimum atomic E-state index is 0. The van der Waals surface area contributed by atoms with E-state index in [-0.39, 0.29) is 12.4 Å². The largest absolute Gasteiger partial charge is 0.348 e. The van der Waals surface area contributed by atoms with Gasteiger partial charge in [-0.2, -0.15) is 0 Å². The first-order valence-electron chi connectivity index (χ1n) is 9.81. The molecule has 0 bridgehead atoms. The Labute approximate surface area is 180 Å². The standard InChI is InChI=1S/C13H15N.C12H14N2.ClH/c1-10-3-4-12(7-11(10)2)8-13-5-6-14-9-13;1-9-4-3-5-11(10(9)2)6-12-7-13-8-14-12;/h3-4,6-7,9H,5,8H2,1-2H3;3-5,7-8H,6H2,1-2H3,(H,13,14);1H.